The lowest BCUT2D eigenvalue weighted by molar-refractivity contribution is -0.147. The molecule has 5 rings (SSSR count). The van der Waals surface area contributed by atoms with Crippen molar-refractivity contribution in [1.82, 2.24) is 25.1 Å². The van der Waals surface area contributed by atoms with Crippen LogP contribution in [0.3, 0.4) is 0 Å². The van der Waals surface area contributed by atoms with Gasteiger partial charge in [0, 0.05) is 38.1 Å². The molecule has 0 aliphatic carbocycles. The fourth-order valence-corrected chi connectivity index (χ4v) is 5.62. The number of barbiturate groups is 1. The second-order valence-corrected chi connectivity index (χ2v) is 9.71. The van der Waals surface area contributed by atoms with Gasteiger partial charge in [-0.1, -0.05) is 13.8 Å². The van der Waals surface area contributed by atoms with Crippen LogP contribution in [0.5, 0.6) is 5.88 Å². The number of nitrogens with one attached hydrogen (secondary N) is 3. The molecule has 1 spiro atoms. The Labute approximate surface area is 217 Å². The van der Waals surface area contributed by atoms with Gasteiger partial charge in [-0.3, -0.25) is 44.5 Å². The van der Waals surface area contributed by atoms with Crippen molar-refractivity contribution in [2.75, 3.05) is 31.1 Å². The highest BCUT2D eigenvalue weighted by atomic mass is 16.3. The Hall–Kier alpha value is -4.26. The number of imide groups is 2. The summed E-state index contributed by atoms with van der Waals surface area (Å²) < 4.78 is 1.07. The summed E-state index contributed by atoms with van der Waals surface area (Å²) in [7, 11) is 0. The molecule has 1 aromatic heterocycles. The number of rotatable bonds is 5. The van der Waals surface area contributed by atoms with E-state index >= 15 is 0 Å². The van der Waals surface area contributed by atoms with Gasteiger partial charge in [0.25, 0.3) is 5.56 Å². The Morgan fingerprint density at radius 1 is 1.11 bits per heavy atom. The van der Waals surface area contributed by atoms with Crippen molar-refractivity contribution in [2.24, 2.45) is 10.4 Å². The molecular weight excluding hydrogens is 494 g/mol. The molecule has 4 heterocycles. The van der Waals surface area contributed by atoms with Crippen LogP contribution in [0.2, 0.25) is 0 Å². The molecule has 0 radical (unpaired) electrons. The fourth-order valence-electron chi connectivity index (χ4n) is 5.62. The highest BCUT2D eigenvalue weighted by Gasteiger charge is 2.60. The van der Waals surface area contributed by atoms with E-state index in [1.165, 1.54) is 6.21 Å². The van der Waals surface area contributed by atoms with Crippen molar-refractivity contribution in [3.05, 3.63) is 50.2 Å². The molecule has 4 N–H and O–H groups in total. The van der Waals surface area contributed by atoms with Gasteiger partial charge < -0.3 is 10.0 Å². The average molecular weight is 524 g/mol. The zero-order valence-corrected chi connectivity index (χ0v) is 21.1. The van der Waals surface area contributed by atoms with E-state index in [0.29, 0.717) is 30.8 Å². The van der Waals surface area contributed by atoms with Crippen molar-refractivity contribution < 1.29 is 19.5 Å². The second kappa shape index (κ2) is 9.56. The van der Waals surface area contributed by atoms with E-state index in [9.17, 15) is 29.1 Å². The van der Waals surface area contributed by atoms with E-state index in [4.69, 9.17) is 0 Å². The van der Waals surface area contributed by atoms with Crippen LogP contribution >= 0.6 is 0 Å². The van der Waals surface area contributed by atoms with Crippen LogP contribution in [-0.4, -0.2) is 75.8 Å². The third-order valence-electron chi connectivity index (χ3n) is 7.58. The highest BCUT2D eigenvalue weighted by molar-refractivity contribution is 6.20. The van der Waals surface area contributed by atoms with Gasteiger partial charge in [0.15, 0.2) is 5.41 Å². The van der Waals surface area contributed by atoms with Crippen molar-refractivity contribution in [3.8, 4) is 5.88 Å². The minimum atomic E-state index is -1.51. The quantitative estimate of drug-likeness (QED) is 0.309. The van der Waals surface area contributed by atoms with Crippen LogP contribution in [0, 0.1) is 5.41 Å². The van der Waals surface area contributed by atoms with Crippen LogP contribution in [0.1, 0.15) is 31.4 Å². The molecule has 2 saturated heterocycles. The lowest BCUT2D eigenvalue weighted by atomic mass is 9.68. The number of piperazine rings is 1. The number of carbonyl (C=O) groups excluding carboxylic acids is 3. The summed E-state index contributed by atoms with van der Waals surface area (Å²) in [6.07, 6.45) is 1.81. The molecule has 1 atom stereocenters. The molecule has 13 nitrogen and oxygen atoms in total. The topological polar surface area (TPSA) is 169 Å². The third-order valence-corrected chi connectivity index (χ3v) is 7.58. The van der Waals surface area contributed by atoms with E-state index in [-0.39, 0.29) is 18.5 Å². The number of likely N-dealkylation sites (N-methyl/N-ethyl adjacent to an activating group) is 1. The molecule has 38 heavy (non-hydrogen) atoms. The molecule has 13 heteroatoms. The van der Waals surface area contributed by atoms with Crippen LogP contribution in [-0.2, 0) is 22.6 Å². The molecule has 3 aliphatic heterocycles. The van der Waals surface area contributed by atoms with E-state index in [1.807, 2.05) is 24.8 Å². The van der Waals surface area contributed by atoms with Gasteiger partial charge in [-0.2, -0.15) is 0 Å². The van der Waals surface area contributed by atoms with Gasteiger partial charge in [-0.15, -0.1) is 0 Å². The van der Waals surface area contributed by atoms with Crippen LogP contribution in [0.25, 0.3) is 0 Å². The molecule has 0 bridgehead atoms. The number of carbonyl (C=O) groups is 3. The van der Waals surface area contributed by atoms with Crippen molar-refractivity contribution in [3.63, 3.8) is 0 Å². The lowest BCUT2D eigenvalue weighted by Crippen LogP contribution is -2.74. The first-order chi connectivity index (χ1) is 18.2. The number of H-pyrrole nitrogens is 1. The van der Waals surface area contributed by atoms with E-state index in [1.54, 1.807) is 12.1 Å². The summed E-state index contributed by atoms with van der Waals surface area (Å²) in [5.74, 6) is -1.74. The van der Waals surface area contributed by atoms with Gasteiger partial charge in [-0.25, -0.2) is 9.59 Å². The molecule has 4 amide bonds. The second-order valence-electron chi connectivity index (χ2n) is 9.71. The number of aliphatic imine (C=N–C) groups is 1. The smallest absolute Gasteiger partial charge is 0.331 e. The number of hydrogen-bond acceptors (Lipinski definition) is 9. The van der Waals surface area contributed by atoms with Crippen LogP contribution < -0.4 is 26.8 Å². The molecule has 2 aromatic rings. The maximum Gasteiger partial charge on any atom is 0.331 e. The SMILES string of the molecule is CCCn1c(O)c(C=Nc2ccc3c(c2)CC2(C(=O)NC(=O)NC2=O)[C@@H]2CN(CC)CCN32)c(=O)[nH]c1=O. The average Bonchev–Trinajstić information content (AvgIpc) is 2.88. The van der Waals surface area contributed by atoms with Crippen molar-refractivity contribution in [1.29, 1.82) is 0 Å². The predicted octanol–water partition coefficient (Wildman–Crippen LogP) is -0.178. The molecule has 0 unspecified atom stereocenters. The molecule has 0 saturated carbocycles. The predicted molar refractivity (Wildman–Crippen MR) is 138 cm³/mol. The Balaban J connectivity index is 1.55. The van der Waals surface area contributed by atoms with Crippen LogP contribution in [0.4, 0.5) is 16.2 Å². The first-order valence-corrected chi connectivity index (χ1v) is 12.6. The number of benzene rings is 1. The summed E-state index contributed by atoms with van der Waals surface area (Å²) in [6.45, 7) is 6.67. The van der Waals surface area contributed by atoms with Gasteiger partial charge in [0.2, 0.25) is 17.7 Å². The molecular formula is C25H29N7O6. The van der Waals surface area contributed by atoms with Gasteiger partial charge in [0.05, 0.1) is 11.7 Å². The van der Waals surface area contributed by atoms with E-state index < -0.39 is 46.4 Å². The Kier molecular flexibility index (Phi) is 6.39. The Morgan fingerprint density at radius 3 is 2.53 bits per heavy atom. The minimum absolute atomic E-state index is 0.0581. The summed E-state index contributed by atoms with van der Waals surface area (Å²) >= 11 is 0. The monoisotopic (exact) mass is 523 g/mol. The number of nitrogens with zero attached hydrogens (tertiary/aromatic N) is 4. The standard InChI is InChI=1S/C25H29N7O6/c1-3-7-32-20(34)16(19(33)27-24(32)38)12-26-15-5-6-17-14(10-15)11-25(21(35)28-23(37)29-22(25)36)18-13-30(4-2)8-9-31(17)18/h5-6,10,12,18,34H,3-4,7-9,11,13H2,1-2H3,(H,27,33,38)(H2,28,29,35,36,37)/t18-/m0/s1. The molecule has 2 fully saturated rings. The largest absolute Gasteiger partial charge is 0.494 e. The normalized spacial score (nSPS) is 20.8. The highest BCUT2D eigenvalue weighted by Crippen LogP contribution is 2.45. The van der Waals surface area contributed by atoms with Gasteiger partial charge in [-0.05, 0) is 43.1 Å². The Morgan fingerprint density at radius 2 is 1.84 bits per heavy atom. The maximum absolute atomic E-state index is 13.3. The Bertz CT molecular complexity index is 1460. The number of fused-ring (bicyclic) bond motifs is 4. The number of amides is 4. The lowest BCUT2D eigenvalue weighted by Gasteiger charge is -2.54. The summed E-state index contributed by atoms with van der Waals surface area (Å²) in [5.41, 5.74) is -1.16. The first kappa shape index (κ1) is 25.4. The third kappa shape index (κ3) is 3.99. The fraction of sp³-hybridized carbons (Fsp3) is 0.440. The molecule has 200 valence electrons. The number of anilines is 1. The zero-order valence-electron chi connectivity index (χ0n) is 21.1. The maximum atomic E-state index is 13.3. The molecule has 3 aliphatic rings. The van der Waals surface area contributed by atoms with E-state index in [0.717, 1.165) is 23.3 Å². The summed E-state index contributed by atoms with van der Waals surface area (Å²) in [6, 6.07) is 4.02. The summed E-state index contributed by atoms with van der Waals surface area (Å²) in [4.78, 5) is 73.5. The molecule has 1 aromatic carbocycles. The number of aromatic amines is 1. The number of aromatic hydroxyl groups is 1. The minimum Gasteiger partial charge on any atom is -0.494 e. The number of aromatic nitrogens is 2. The summed E-state index contributed by atoms with van der Waals surface area (Å²) in [5, 5.41) is 15.1. The van der Waals surface area contributed by atoms with Gasteiger partial charge >= 0.3 is 11.7 Å². The van der Waals surface area contributed by atoms with Gasteiger partial charge in [0.1, 0.15) is 5.56 Å². The number of hydrogen-bond donors (Lipinski definition) is 4. The van der Waals surface area contributed by atoms with Crippen molar-refractivity contribution >= 4 is 35.4 Å². The zero-order chi connectivity index (χ0) is 27.2. The number of urea groups is 1. The first-order valence-electron chi connectivity index (χ1n) is 12.6. The van der Waals surface area contributed by atoms with Crippen LogP contribution in [0.15, 0.2) is 32.8 Å². The van der Waals surface area contributed by atoms with Crippen molar-refractivity contribution in [2.45, 2.75) is 39.3 Å². The van der Waals surface area contributed by atoms with E-state index in [2.05, 4.69) is 25.5 Å².